The maximum absolute atomic E-state index is 9.77. The molecular weight excluding hydrogens is 382 g/mol. The number of nitrogens with zero attached hydrogens (tertiary/aromatic N) is 1. The SMILES string of the molecule is CC(C)C1CCCN(Cc2cc(Br)c(O)c(Br)c2)CC1. The lowest BCUT2D eigenvalue weighted by Crippen LogP contribution is -2.24. The van der Waals surface area contributed by atoms with Crippen LogP contribution in [-0.4, -0.2) is 23.1 Å². The molecule has 0 bridgehead atoms. The molecule has 1 aromatic carbocycles. The summed E-state index contributed by atoms with van der Waals surface area (Å²) in [4.78, 5) is 2.54. The van der Waals surface area contributed by atoms with E-state index < -0.39 is 0 Å². The fourth-order valence-electron chi connectivity index (χ4n) is 2.97. The third-order valence-electron chi connectivity index (χ3n) is 4.29. The normalized spacial score (nSPS) is 21.1. The van der Waals surface area contributed by atoms with Gasteiger partial charge in [0, 0.05) is 6.54 Å². The molecule has 0 aliphatic carbocycles. The van der Waals surface area contributed by atoms with Gasteiger partial charge in [-0.05, 0) is 93.7 Å². The molecule has 0 spiro atoms. The minimum atomic E-state index is 0.282. The zero-order valence-electron chi connectivity index (χ0n) is 12.2. The van der Waals surface area contributed by atoms with E-state index in [1.165, 1.54) is 37.9 Å². The molecule has 2 nitrogen and oxygen atoms in total. The predicted octanol–water partition coefficient (Wildman–Crippen LogP) is 5.18. The summed E-state index contributed by atoms with van der Waals surface area (Å²) in [7, 11) is 0. The number of phenolic OH excluding ortho intramolecular Hbond substituents is 1. The molecule has 1 fully saturated rings. The lowest BCUT2D eigenvalue weighted by Gasteiger charge is -2.21. The van der Waals surface area contributed by atoms with Gasteiger partial charge in [-0.25, -0.2) is 0 Å². The minimum absolute atomic E-state index is 0.282. The van der Waals surface area contributed by atoms with Gasteiger partial charge >= 0.3 is 0 Å². The predicted molar refractivity (Wildman–Crippen MR) is 91.0 cm³/mol. The maximum atomic E-state index is 9.77. The van der Waals surface area contributed by atoms with E-state index in [4.69, 9.17) is 0 Å². The molecule has 1 N–H and O–H groups in total. The topological polar surface area (TPSA) is 23.5 Å². The summed E-state index contributed by atoms with van der Waals surface area (Å²) >= 11 is 6.81. The van der Waals surface area contributed by atoms with Gasteiger partial charge in [0.05, 0.1) is 8.95 Å². The van der Waals surface area contributed by atoms with E-state index in [1.807, 2.05) is 12.1 Å². The Morgan fingerprint density at radius 2 is 1.85 bits per heavy atom. The lowest BCUT2D eigenvalue weighted by atomic mass is 9.89. The van der Waals surface area contributed by atoms with E-state index in [0.29, 0.717) is 0 Å². The number of phenols is 1. The maximum Gasteiger partial charge on any atom is 0.143 e. The van der Waals surface area contributed by atoms with Crippen molar-refractivity contribution in [1.82, 2.24) is 4.90 Å². The first-order valence-corrected chi connectivity index (χ1v) is 8.95. The van der Waals surface area contributed by atoms with E-state index in [1.54, 1.807) is 0 Å². The molecule has 0 amide bonds. The van der Waals surface area contributed by atoms with Gasteiger partial charge in [0.2, 0.25) is 0 Å². The van der Waals surface area contributed by atoms with Crippen molar-refractivity contribution in [2.45, 2.75) is 39.7 Å². The number of likely N-dealkylation sites (tertiary alicyclic amines) is 1. The Hall–Kier alpha value is -0.0600. The summed E-state index contributed by atoms with van der Waals surface area (Å²) in [6.07, 6.45) is 3.96. The first kappa shape index (κ1) is 16.3. The molecule has 112 valence electrons. The van der Waals surface area contributed by atoms with E-state index >= 15 is 0 Å². The van der Waals surface area contributed by atoms with Gasteiger partial charge in [-0.1, -0.05) is 13.8 Å². The minimum Gasteiger partial charge on any atom is -0.506 e. The molecule has 4 heteroatoms. The third kappa shape index (κ3) is 4.22. The van der Waals surface area contributed by atoms with Crippen molar-refractivity contribution in [2.24, 2.45) is 11.8 Å². The molecule has 0 radical (unpaired) electrons. The van der Waals surface area contributed by atoms with Crippen LogP contribution in [0.15, 0.2) is 21.1 Å². The smallest absolute Gasteiger partial charge is 0.143 e. The van der Waals surface area contributed by atoms with Crippen molar-refractivity contribution in [1.29, 1.82) is 0 Å². The molecule has 0 saturated carbocycles. The fraction of sp³-hybridized carbons (Fsp3) is 0.625. The molecule has 1 aromatic rings. The van der Waals surface area contributed by atoms with Crippen LogP contribution < -0.4 is 0 Å². The van der Waals surface area contributed by atoms with Crippen LogP contribution in [-0.2, 0) is 6.54 Å². The Morgan fingerprint density at radius 3 is 2.45 bits per heavy atom. The monoisotopic (exact) mass is 403 g/mol. The summed E-state index contributed by atoms with van der Waals surface area (Å²) in [5.41, 5.74) is 1.24. The molecule has 1 aliphatic heterocycles. The molecule has 1 saturated heterocycles. The van der Waals surface area contributed by atoms with Crippen LogP contribution in [0.3, 0.4) is 0 Å². The van der Waals surface area contributed by atoms with Crippen LogP contribution >= 0.6 is 31.9 Å². The Kier molecular flexibility index (Phi) is 5.94. The van der Waals surface area contributed by atoms with Crippen molar-refractivity contribution in [3.8, 4) is 5.75 Å². The van der Waals surface area contributed by atoms with Crippen LogP contribution in [0, 0.1) is 11.8 Å². The molecule has 1 heterocycles. The Balaban J connectivity index is 2.00. The number of halogens is 2. The largest absolute Gasteiger partial charge is 0.506 e. The van der Waals surface area contributed by atoms with Gasteiger partial charge in [-0.15, -0.1) is 0 Å². The Morgan fingerprint density at radius 1 is 1.20 bits per heavy atom. The summed E-state index contributed by atoms with van der Waals surface area (Å²) < 4.78 is 1.52. The van der Waals surface area contributed by atoms with Crippen LogP contribution in [0.25, 0.3) is 0 Å². The molecule has 1 atom stereocenters. The first-order chi connectivity index (χ1) is 9.47. The van der Waals surface area contributed by atoms with Crippen LogP contribution in [0.2, 0.25) is 0 Å². The van der Waals surface area contributed by atoms with Gasteiger partial charge in [-0.2, -0.15) is 0 Å². The third-order valence-corrected chi connectivity index (χ3v) is 5.50. The van der Waals surface area contributed by atoms with Crippen molar-refractivity contribution < 1.29 is 5.11 Å². The van der Waals surface area contributed by atoms with Crippen molar-refractivity contribution in [3.05, 3.63) is 26.6 Å². The highest BCUT2D eigenvalue weighted by Crippen LogP contribution is 2.34. The summed E-state index contributed by atoms with van der Waals surface area (Å²) in [5, 5.41) is 9.77. The highest BCUT2D eigenvalue weighted by Gasteiger charge is 2.19. The average Bonchev–Trinajstić information content (AvgIpc) is 2.61. The van der Waals surface area contributed by atoms with E-state index in [2.05, 4.69) is 50.6 Å². The number of hydrogen-bond donors (Lipinski definition) is 1. The van der Waals surface area contributed by atoms with Gasteiger partial charge in [0.25, 0.3) is 0 Å². The Bertz CT molecular complexity index is 439. The first-order valence-electron chi connectivity index (χ1n) is 7.36. The molecule has 1 aliphatic rings. The molecule has 20 heavy (non-hydrogen) atoms. The van der Waals surface area contributed by atoms with Gasteiger partial charge in [0.15, 0.2) is 0 Å². The highest BCUT2D eigenvalue weighted by atomic mass is 79.9. The number of rotatable bonds is 3. The van der Waals surface area contributed by atoms with E-state index in [-0.39, 0.29) is 5.75 Å². The van der Waals surface area contributed by atoms with Gasteiger partial charge in [-0.3, -0.25) is 4.90 Å². The standard InChI is InChI=1S/C16H23Br2NO/c1-11(2)13-4-3-6-19(7-5-13)10-12-8-14(17)16(20)15(18)9-12/h8-9,11,13,20H,3-7,10H2,1-2H3. The van der Waals surface area contributed by atoms with E-state index in [9.17, 15) is 5.11 Å². The van der Waals surface area contributed by atoms with Gasteiger partial charge < -0.3 is 5.11 Å². The summed E-state index contributed by atoms with van der Waals surface area (Å²) in [6, 6.07) is 4.04. The number of aromatic hydroxyl groups is 1. The van der Waals surface area contributed by atoms with Crippen LogP contribution in [0.5, 0.6) is 5.75 Å². The highest BCUT2D eigenvalue weighted by molar-refractivity contribution is 9.11. The van der Waals surface area contributed by atoms with Crippen LogP contribution in [0.1, 0.15) is 38.7 Å². The molecular formula is C16H23Br2NO. The molecule has 2 rings (SSSR count). The Labute approximate surface area is 138 Å². The molecule has 1 unspecified atom stereocenters. The second kappa shape index (κ2) is 7.28. The van der Waals surface area contributed by atoms with Crippen molar-refractivity contribution in [2.75, 3.05) is 13.1 Å². The second-order valence-electron chi connectivity index (χ2n) is 6.12. The zero-order valence-corrected chi connectivity index (χ0v) is 15.4. The fourth-order valence-corrected chi connectivity index (χ4v) is 4.26. The summed E-state index contributed by atoms with van der Waals surface area (Å²) in [5.74, 6) is 1.95. The number of benzene rings is 1. The van der Waals surface area contributed by atoms with Crippen molar-refractivity contribution in [3.63, 3.8) is 0 Å². The van der Waals surface area contributed by atoms with E-state index in [0.717, 1.165) is 27.3 Å². The quantitative estimate of drug-likeness (QED) is 0.750. The van der Waals surface area contributed by atoms with Crippen molar-refractivity contribution >= 4 is 31.9 Å². The number of hydrogen-bond acceptors (Lipinski definition) is 2. The second-order valence-corrected chi connectivity index (χ2v) is 7.83. The average molecular weight is 405 g/mol. The zero-order chi connectivity index (χ0) is 14.7. The molecule has 0 aromatic heterocycles. The van der Waals surface area contributed by atoms with Crippen LogP contribution in [0.4, 0.5) is 0 Å². The summed E-state index contributed by atoms with van der Waals surface area (Å²) in [6.45, 7) is 8.00. The lowest BCUT2D eigenvalue weighted by molar-refractivity contribution is 0.264. The van der Waals surface area contributed by atoms with Gasteiger partial charge in [0.1, 0.15) is 5.75 Å².